The zero-order valence-electron chi connectivity index (χ0n) is 13.3. The maximum atomic E-state index is 12.5. The fourth-order valence-electron chi connectivity index (χ4n) is 2.36. The van der Waals surface area contributed by atoms with Crippen LogP contribution in [0.2, 0.25) is 10.0 Å². The van der Waals surface area contributed by atoms with E-state index in [9.17, 15) is 14.9 Å². The third kappa shape index (κ3) is 3.40. The molecule has 1 heterocycles. The van der Waals surface area contributed by atoms with Crippen molar-refractivity contribution < 1.29 is 14.2 Å². The van der Waals surface area contributed by atoms with Crippen molar-refractivity contribution in [2.24, 2.45) is 0 Å². The van der Waals surface area contributed by atoms with Gasteiger partial charge in [0, 0.05) is 23.3 Å². The van der Waals surface area contributed by atoms with E-state index in [2.05, 4.69) is 10.5 Å². The van der Waals surface area contributed by atoms with Crippen LogP contribution in [0.25, 0.3) is 11.3 Å². The molecule has 0 saturated carbocycles. The zero-order valence-corrected chi connectivity index (χ0v) is 14.8. The summed E-state index contributed by atoms with van der Waals surface area (Å²) in [5, 5.41) is 18.2. The van der Waals surface area contributed by atoms with Crippen LogP contribution >= 0.6 is 23.2 Å². The molecule has 0 aliphatic heterocycles. The molecule has 0 aliphatic carbocycles. The van der Waals surface area contributed by atoms with Crippen molar-refractivity contribution in [3.63, 3.8) is 0 Å². The van der Waals surface area contributed by atoms with Crippen LogP contribution in [-0.2, 0) is 0 Å². The summed E-state index contributed by atoms with van der Waals surface area (Å²) in [4.78, 5) is 22.8. The number of amides is 1. The summed E-state index contributed by atoms with van der Waals surface area (Å²) in [6.45, 7) is 1.62. The summed E-state index contributed by atoms with van der Waals surface area (Å²) in [5.74, 6) is -0.209. The van der Waals surface area contributed by atoms with Crippen molar-refractivity contribution in [1.82, 2.24) is 5.16 Å². The number of anilines is 1. The molecule has 0 fully saturated rings. The lowest BCUT2D eigenvalue weighted by Crippen LogP contribution is -2.13. The molecule has 0 saturated heterocycles. The quantitative estimate of drug-likeness (QED) is 0.491. The number of nitro groups is 1. The van der Waals surface area contributed by atoms with Gasteiger partial charge in [-0.25, -0.2) is 0 Å². The van der Waals surface area contributed by atoms with Gasteiger partial charge >= 0.3 is 0 Å². The monoisotopic (exact) mass is 391 g/mol. The Bertz CT molecular complexity index is 997. The lowest BCUT2D eigenvalue weighted by atomic mass is 10.1. The second-order valence-corrected chi connectivity index (χ2v) is 6.13. The highest BCUT2D eigenvalue weighted by Gasteiger charge is 2.22. The number of nitrogens with zero attached hydrogens (tertiary/aromatic N) is 2. The predicted octanol–water partition coefficient (Wildman–Crippen LogP) is 5.12. The number of carbonyl (C=O) groups is 1. The topological polar surface area (TPSA) is 98.3 Å². The van der Waals surface area contributed by atoms with Gasteiger partial charge in [-0.15, -0.1) is 0 Å². The smallest absolute Gasteiger partial charge is 0.270 e. The van der Waals surface area contributed by atoms with E-state index in [-0.39, 0.29) is 22.6 Å². The SMILES string of the molecule is Cc1onc(-c2c(Cl)cccc2Cl)c1NC(=O)c1cccc([N+](=O)[O-])c1. The Morgan fingerprint density at radius 3 is 2.50 bits per heavy atom. The van der Waals surface area contributed by atoms with Crippen LogP contribution in [0, 0.1) is 17.0 Å². The minimum Gasteiger partial charge on any atom is -0.359 e. The Morgan fingerprint density at radius 2 is 1.85 bits per heavy atom. The fourth-order valence-corrected chi connectivity index (χ4v) is 2.94. The normalized spacial score (nSPS) is 10.6. The van der Waals surface area contributed by atoms with Crippen molar-refractivity contribution in [3.8, 4) is 11.3 Å². The number of hydrogen-bond donors (Lipinski definition) is 1. The Kier molecular flexibility index (Phi) is 4.92. The van der Waals surface area contributed by atoms with Crippen LogP contribution in [0.1, 0.15) is 16.1 Å². The number of aryl methyl sites for hydroxylation is 1. The highest BCUT2D eigenvalue weighted by molar-refractivity contribution is 6.39. The zero-order chi connectivity index (χ0) is 18.8. The summed E-state index contributed by atoms with van der Waals surface area (Å²) in [7, 11) is 0. The van der Waals surface area contributed by atoms with Gasteiger partial charge in [-0.3, -0.25) is 14.9 Å². The molecule has 1 amide bonds. The van der Waals surface area contributed by atoms with Crippen LogP contribution in [0.4, 0.5) is 11.4 Å². The lowest BCUT2D eigenvalue weighted by Gasteiger charge is -2.08. The van der Waals surface area contributed by atoms with Crippen molar-refractivity contribution in [3.05, 3.63) is 73.9 Å². The molecule has 3 aromatic rings. The lowest BCUT2D eigenvalue weighted by molar-refractivity contribution is -0.384. The molecule has 9 heteroatoms. The van der Waals surface area contributed by atoms with Gasteiger partial charge in [0.15, 0.2) is 5.76 Å². The Morgan fingerprint density at radius 1 is 1.19 bits per heavy atom. The molecule has 0 aliphatic rings. The largest absolute Gasteiger partial charge is 0.359 e. The van der Waals surface area contributed by atoms with E-state index in [0.717, 1.165) is 0 Å². The number of halogens is 2. The summed E-state index contributed by atoms with van der Waals surface area (Å²) >= 11 is 12.4. The highest BCUT2D eigenvalue weighted by Crippen LogP contribution is 2.39. The maximum Gasteiger partial charge on any atom is 0.270 e. The number of non-ortho nitro benzene ring substituents is 1. The fraction of sp³-hybridized carbons (Fsp3) is 0.0588. The minimum absolute atomic E-state index is 0.121. The standard InChI is InChI=1S/C17H11Cl2N3O4/c1-9-15(16(21-26-9)14-12(18)6-3-7-13(14)19)20-17(23)10-4-2-5-11(8-10)22(24)25/h2-8H,1H3,(H,20,23). The first-order valence-corrected chi connectivity index (χ1v) is 8.10. The van der Waals surface area contributed by atoms with E-state index in [4.69, 9.17) is 27.7 Å². The molecule has 0 bridgehead atoms. The number of benzene rings is 2. The van der Waals surface area contributed by atoms with Crippen LogP contribution in [0.15, 0.2) is 47.0 Å². The number of rotatable bonds is 4. The first-order valence-electron chi connectivity index (χ1n) is 7.35. The van der Waals surface area contributed by atoms with Crippen LogP contribution < -0.4 is 5.32 Å². The van der Waals surface area contributed by atoms with Gasteiger partial charge in [0.25, 0.3) is 11.6 Å². The molecule has 26 heavy (non-hydrogen) atoms. The van der Waals surface area contributed by atoms with Gasteiger partial charge in [0.2, 0.25) is 0 Å². The van der Waals surface area contributed by atoms with Gasteiger partial charge in [-0.05, 0) is 25.1 Å². The Balaban J connectivity index is 1.99. The summed E-state index contributed by atoms with van der Waals surface area (Å²) in [6, 6.07) is 10.3. The Labute approximate surface area is 157 Å². The van der Waals surface area contributed by atoms with Crippen LogP contribution in [-0.4, -0.2) is 16.0 Å². The molecule has 132 valence electrons. The third-order valence-corrected chi connectivity index (χ3v) is 4.25. The molecule has 0 atom stereocenters. The van der Waals surface area contributed by atoms with Crippen molar-refractivity contribution in [2.45, 2.75) is 6.92 Å². The second kappa shape index (κ2) is 7.15. The van der Waals surface area contributed by atoms with E-state index >= 15 is 0 Å². The summed E-state index contributed by atoms with van der Waals surface area (Å²) in [6.07, 6.45) is 0. The number of hydrogen-bond acceptors (Lipinski definition) is 5. The highest BCUT2D eigenvalue weighted by atomic mass is 35.5. The molecule has 1 N–H and O–H groups in total. The second-order valence-electron chi connectivity index (χ2n) is 5.32. The van der Waals surface area contributed by atoms with E-state index in [1.165, 1.54) is 24.3 Å². The molecular weight excluding hydrogens is 381 g/mol. The minimum atomic E-state index is -0.573. The van der Waals surface area contributed by atoms with Gasteiger partial charge in [-0.2, -0.15) is 0 Å². The molecule has 7 nitrogen and oxygen atoms in total. The summed E-state index contributed by atoms with van der Waals surface area (Å²) in [5.41, 5.74) is 0.917. The van der Waals surface area contributed by atoms with E-state index in [1.807, 2.05) is 0 Å². The molecule has 0 unspecified atom stereocenters. The molecule has 0 spiro atoms. The number of nitro benzene ring substituents is 1. The van der Waals surface area contributed by atoms with Crippen LogP contribution in [0.5, 0.6) is 0 Å². The van der Waals surface area contributed by atoms with E-state index < -0.39 is 10.8 Å². The average molecular weight is 392 g/mol. The molecule has 1 aromatic heterocycles. The van der Waals surface area contributed by atoms with Crippen molar-refractivity contribution >= 4 is 40.5 Å². The van der Waals surface area contributed by atoms with Gasteiger partial charge in [-0.1, -0.05) is 40.5 Å². The van der Waals surface area contributed by atoms with E-state index in [0.29, 0.717) is 21.4 Å². The molecule has 3 rings (SSSR count). The first-order chi connectivity index (χ1) is 12.4. The third-order valence-electron chi connectivity index (χ3n) is 3.62. The van der Waals surface area contributed by atoms with Crippen molar-refractivity contribution in [2.75, 3.05) is 5.32 Å². The van der Waals surface area contributed by atoms with Crippen LogP contribution in [0.3, 0.4) is 0 Å². The molecular formula is C17H11Cl2N3O4. The Hall–Kier alpha value is -2.90. The average Bonchev–Trinajstić information content (AvgIpc) is 2.95. The van der Waals surface area contributed by atoms with Gasteiger partial charge in [0.1, 0.15) is 11.4 Å². The number of carbonyl (C=O) groups excluding carboxylic acids is 1. The van der Waals surface area contributed by atoms with Gasteiger partial charge in [0.05, 0.1) is 15.0 Å². The number of nitrogens with one attached hydrogen (secondary N) is 1. The number of aromatic nitrogens is 1. The molecule has 0 radical (unpaired) electrons. The molecule has 2 aromatic carbocycles. The van der Waals surface area contributed by atoms with Crippen molar-refractivity contribution in [1.29, 1.82) is 0 Å². The van der Waals surface area contributed by atoms with Gasteiger partial charge < -0.3 is 9.84 Å². The maximum absolute atomic E-state index is 12.5. The van der Waals surface area contributed by atoms with E-state index in [1.54, 1.807) is 25.1 Å². The predicted molar refractivity (Wildman–Crippen MR) is 97.7 cm³/mol. The first kappa shape index (κ1) is 17.9. The summed E-state index contributed by atoms with van der Waals surface area (Å²) < 4.78 is 5.17.